The minimum absolute atomic E-state index is 0.110. The van der Waals surface area contributed by atoms with Gasteiger partial charge in [-0.15, -0.1) is 0 Å². The Hall–Kier alpha value is -3.28. The number of rotatable bonds is 5. The molecule has 0 bridgehead atoms. The van der Waals surface area contributed by atoms with Gasteiger partial charge in [0.2, 0.25) is 0 Å². The highest BCUT2D eigenvalue weighted by atomic mass is 35.5. The second-order valence-electron chi connectivity index (χ2n) is 6.76. The van der Waals surface area contributed by atoms with Crippen molar-refractivity contribution in [2.75, 3.05) is 5.32 Å². The van der Waals surface area contributed by atoms with Crippen molar-refractivity contribution in [3.05, 3.63) is 99.2 Å². The van der Waals surface area contributed by atoms with Crippen molar-refractivity contribution in [1.82, 2.24) is 4.98 Å². The minimum Gasteiger partial charge on any atom is -0.477 e. The van der Waals surface area contributed by atoms with Crippen LogP contribution in [0.4, 0.5) is 5.69 Å². The summed E-state index contributed by atoms with van der Waals surface area (Å²) in [6.07, 6.45) is 0.570. The number of hydrogen-bond acceptors (Lipinski definition) is 2. The zero-order valence-electron chi connectivity index (χ0n) is 15.6. The molecule has 1 aromatic heterocycles. The van der Waals surface area contributed by atoms with Gasteiger partial charge >= 0.3 is 5.97 Å². The Morgan fingerprint density at radius 2 is 1.67 bits per heavy atom. The molecule has 3 N–H and O–H groups in total. The number of amides is 1. The van der Waals surface area contributed by atoms with E-state index in [0.717, 1.165) is 11.1 Å². The zero-order chi connectivity index (χ0) is 21.3. The van der Waals surface area contributed by atoms with Gasteiger partial charge in [-0.25, -0.2) is 4.79 Å². The first-order chi connectivity index (χ1) is 14.4. The maximum absolute atomic E-state index is 13.1. The average molecular weight is 439 g/mol. The van der Waals surface area contributed by atoms with Crippen molar-refractivity contribution in [3.8, 4) is 0 Å². The molecule has 5 nitrogen and oxygen atoms in total. The monoisotopic (exact) mass is 438 g/mol. The number of halogens is 2. The third-order valence-corrected chi connectivity index (χ3v) is 5.28. The lowest BCUT2D eigenvalue weighted by Crippen LogP contribution is -2.16. The SMILES string of the molecule is O=C(Nc1c(C(=O)O)[nH]c2cc(Cl)cc(Cl)c12)c1ccccc1Cc1ccccc1. The van der Waals surface area contributed by atoms with Gasteiger partial charge in [0.15, 0.2) is 0 Å². The van der Waals surface area contributed by atoms with Crippen LogP contribution >= 0.6 is 23.2 Å². The number of aromatic nitrogens is 1. The molecule has 3 aromatic carbocycles. The van der Waals surface area contributed by atoms with Crippen molar-refractivity contribution >= 4 is 51.7 Å². The Bertz CT molecular complexity index is 1270. The number of carbonyl (C=O) groups excluding carboxylic acids is 1. The molecule has 0 saturated heterocycles. The van der Waals surface area contributed by atoms with Gasteiger partial charge in [0.25, 0.3) is 5.91 Å². The van der Waals surface area contributed by atoms with Crippen molar-refractivity contribution in [3.63, 3.8) is 0 Å². The van der Waals surface area contributed by atoms with Gasteiger partial charge in [-0.05, 0) is 35.7 Å². The zero-order valence-corrected chi connectivity index (χ0v) is 17.1. The smallest absolute Gasteiger partial charge is 0.354 e. The highest BCUT2D eigenvalue weighted by Crippen LogP contribution is 2.36. The molecule has 0 saturated carbocycles. The number of aromatic carboxylic acids is 1. The summed E-state index contributed by atoms with van der Waals surface area (Å²) in [5.41, 5.74) is 2.72. The van der Waals surface area contributed by atoms with Crippen LogP contribution in [0, 0.1) is 0 Å². The maximum Gasteiger partial charge on any atom is 0.354 e. The Labute approximate surface area is 182 Å². The molecule has 0 aliphatic heterocycles. The Morgan fingerprint density at radius 1 is 0.967 bits per heavy atom. The molecule has 7 heteroatoms. The van der Waals surface area contributed by atoms with Gasteiger partial charge in [-0.1, -0.05) is 71.7 Å². The Morgan fingerprint density at radius 3 is 2.40 bits per heavy atom. The molecule has 4 aromatic rings. The van der Waals surface area contributed by atoms with E-state index in [1.807, 2.05) is 42.5 Å². The van der Waals surface area contributed by atoms with E-state index in [9.17, 15) is 14.7 Å². The standard InChI is InChI=1S/C23H16Cl2N2O3/c24-15-11-17(25)19-18(12-15)26-21(23(29)30)20(19)27-22(28)16-9-5-4-8-14(16)10-13-6-2-1-3-7-13/h1-9,11-12,26H,10H2,(H,27,28)(H,29,30). The summed E-state index contributed by atoms with van der Waals surface area (Å²) >= 11 is 12.3. The summed E-state index contributed by atoms with van der Waals surface area (Å²) in [4.78, 5) is 27.7. The summed E-state index contributed by atoms with van der Waals surface area (Å²) < 4.78 is 0. The van der Waals surface area contributed by atoms with Gasteiger partial charge in [-0.2, -0.15) is 0 Å². The molecule has 0 atom stereocenters. The first-order valence-electron chi connectivity index (χ1n) is 9.11. The number of fused-ring (bicyclic) bond motifs is 1. The van der Waals surface area contributed by atoms with E-state index in [2.05, 4.69) is 10.3 Å². The molecule has 1 amide bonds. The molecular formula is C23H16Cl2N2O3. The first kappa shape index (κ1) is 20.0. The topological polar surface area (TPSA) is 82.2 Å². The second-order valence-corrected chi connectivity index (χ2v) is 7.61. The molecule has 0 spiro atoms. The summed E-state index contributed by atoms with van der Waals surface area (Å²) in [7, 11) is 0. The van der Waals surface area contributed by atoms with Crippen LogP contribution in [0.3, 0.4) is 0 Å². The van der Waals surface area contributed by atoms with Crippen LogP contribution in [0.15, 0.2) is 66.7 Å². The van der Waals surface area contributed by atoms with E-state index >= 15 is 0 Å². The highest BCUT2D eigenvalue weighted by molar-refractivity contribution is 6.40. The lowest BCUT2D eigenvalue weighted by Gasteiger charge is -2.11. The lowest BCUT2D eigenvalue weighted by molar-refractivity contribution is 0.0692. The number of nitrogens with one attached hydrogen (secondary N) is 2. The molecule has 1 heterocycles. The summed E-state index contributed by atoms with van der Waals surface area (Å²) in [5.74, 6) is -1.64. The molecule has 0 radical (unpaired) electrons. The Balaban J connectivity index is 1.74. The van der Waals surface area contributed by atoms with Gasteiger partial charge in [0.05, 0.1) is 16.2 Å². The van der Waals surface area contributed by atoms with E-state index in [0.29, 0.717) is 27.9 Å². The fourth-order valence-corrected chi connectivity index (χ4v) is 4.01. The first-order valence-corrected chi connectivity index (χ1v) is 9.87. The molecule has 0 fully saturated rings. The molecule has 4 rings (SSSR count). The average Bonchev–Trinajstić information content (AvgIpc) is 3.07. The quantitative estimate of drug-likeness (QED) is 0.356. The highest BCUT2D eigenvalue weighted by Gasteiger charge is 2.23. The number of benzene rings is 3. The third-order valence-electron chi connectivity index (χ3n) is 4.77. The van der Waals surface area contributed by atoms with Crippen LogP contribution in [0.25, 0.3) is 10.9 Å². The molecule has 0 unspecified atom stereocenters. The van der Waals surface area contributed by atoms with Crippen molar-refractivity contribution in [2.24, 2.45) is 0 Å². The minimum atomic E-state index is -1.22. The van der Waals surface area contributed by atoms with Crippen molar-refractivity contribution in [1.29, 1.82) is 0 Å². The number of carbonyl (C=O) groups is 2. The summed E-state index contributed by atoms with van der Waals surface area (Å²) in [5, 5.41) is 13.3. The maximum atomic E-state index is 13.1. The molecule has 0 aliphatic rings. The van der Waals surface area contributed by atoms with Crippen molar-refractivity contribution in [2.45, 2.75) is 6.42 Å². The number of H-pyrrole nitrogens is 1. The summed E-state index contributed by atoms with van der Waals surface area (Å²) in [6, 6.07) is 20.1. The normalized spacial score (nSPS) is 10.9. The van der Waals surface area contributed by atoms with Crippen LogP contribution in [-0.2, 0) is 6.42 Å². The van der Waals surface area contributed by atoms with E-state index in [4.69, 9.17) is 23.2 Å². The van der Waals surface area contributed by atoms with Crippen molar-refractivity contribution < 1.29 is 14.7 Å². The number of carboxylic acid groups (broad SMARTS) is 1. The van der Waals surface area contributed by atoms with Gasteiger partial charge in [0, 0.05) is 16.0 Å². The fourth-order valence-electron chi connectivity index (χ4n) is 3.43. The molecule has 0 aliphatic carbocycles. The van der Waals surface area contributed by atoms with E-state index < -0.39 is 11.9 Å². The van der Waals surface area contributed by atoms with Crippen LogP contribution in [-0.4, -0.2) is 22.0 Å². The van der Waals surface area contributed by atoms with Gasteiger partial charge in [0.1, 0.15) is 5.69 Å². The van der Waals surface area contributed by atoms with Gasteiger partial charge in [-0.3, -0.25) is 4.79 Å². The number of anilines is 1. The molecule has 30 heavy (non-hydrogen) atoms. The van der Waals surface area contributed by atoms with E-state index in [1.165, 1.54) is 6.07 Å². The van der Waals surface area contributed by atoms with Crippen LogP contribution < -0.4 is 5.32 Å². The number of carboxylic acids is 1. The third kappa shape index (κ3) is 3.90. The predicted octanol–water partition coefficient (Wildman–Crippen LogP) is 6.02. The largest absolute Gasteiger partial charge is 0.477 e. The van der Waals surface area contributed by atoms with E-state index in [1.54, 1.807) is 18.2 Å². The molecular weight excluding hydrogens is 423 g/mol. The van der Waals surface area contributed by atoms with Crippen LogP contribution in [0.5, 0.6) is 0 Å². The van der Waals surface area contributed by atoms with Crippen LogP contribution in [0.2, 0.25) is 10.0 Å². The lowest BCUT2D eigenvalue weighted by atomic mass is 9.99. The predicted molar refractivity (Wildman–Crippen MR) is 119 cm³/mol. The second kappa shape index (κ2) is 8.22. The van der Waals surface area contributed by atoms with E-state index in [-0.39, 0.29) is 16.4 Å². The van der Waals surface area contributed by atoms with Crippen LogP contribution in [0.1, 0.15) is 32.0 Å². The Kier molecular flexibility index (Phi) is 5.48. The molecule has 150 valence electrons. The van der Waals surface area contributed by atoms with Gasteiger partial charge < -0.3 is 15.4 Å². The number of hydrogen-bond donors (Lipinski definition) is 3. The number of aromatic amines is 1. The summed E-state index contributed by atoms with van der Waals surface area (Å²) in [6.45, 7) is 0. The fraction of sp³-hybridized carbons (Fsp3) is 0.0435.